The lowest BCUT2D eigenvalue weighted by molar-refractivity contribution is -0.170. The Morgan fingerprint density at radius 2 is 0.880 bits per heavy atom. The average molecular weight is 1090 g/mol. The van der Waals surface area contributed by atoms with Crippen LogP contribution in [0.15, 0.2) is 61.2 Å². The fourth-order valence-corrected chi connectivity index (χ4v) is 6.91. The second-order valence-corrected chi connectivity index (χ2v) is 16.7. The number of aromatic nitrogens is 4. The van der Waals surface area contributed by atoms with E-state index in [0.29, 0.717) is 48.2 Å². The Bertz CT molecular complexity index is 2470. The number of benzene rings is 2. The van der Waals surface area contributed by atoms with Gasteiger partial charge in [0.1, 0.15) is 11.8 Å². The average Bonchev–Trinajstić information content (AvgIpc) is 3.70. The number of nitrogen functional groups attached to an aromatic ring is 1. The predicted octanol–water partition coefficient (Wildman–Crippen LogP) is 0.786. The number of hydrogen-bond donors (Lipinski definition) is 13. The molecule has 0 saturated heterocycles. The summed E-state index contributed by atoms with van der Waals surface area (Å²) >= 11 is 0. The first-order valence-electron chi connectivity index (χ1n) is 20.9. The number of carboxylic acid groups (broad SMARTS) is 9. The summed E-state index contributed by atoms with van der Waals surface area (Å²) in [5, 5.41) is 101. The lowest BCUT2D eigenvalue weighted by Crippen LogP contribution is -2.42. The quantitative estimate of drug-likeness (QED) is 0.0276. The van der Waals surface area contributed by atoms with E-state index in [9.17, 15) is 47.7 Å². The molecule has 0 aliphatic heterocycles. The second kappa shape index (κ2) is 29.7. The predicted molar refractivity (Wildman–Crippen MR) is 246 cm³/mol. The van der Waals surface area contributed by atoms with Crippen molar-refractivity contribution in [1.82, 2.24) is 19.5 Å². The van der Waals surface area contributed by atoms with Gasteiger partial charge in [0.15, 0.2) is 57.6 Å². The lowest BCUT2D eigenvalue weighted by atomic mass is 9.96. The van der Waals surface area contributed by atoms with Crippen LogP contribution in [0.5, 0.6) is 23.0 Å². The maximum absolute atomic E-state index is 13.9. The normalized spacial score (nSPS) is 11.1. The maximum atomic E-state index is 13.9. The number of aliphatic carboxylic acids is 9. The summed E-state index contributed by atoms with van der Waals surface area (Å²) < 4.78 is 44.6. The molecule has 75 heavy (non-hydrogen) atoms. The van der Waals surface area contributed by atoms with Crippen molar-refractivity contribution in [2.75, 3.05) is 31.9 Å². The second-order valence-electron chi connectivity index (χ2n) is 14.9. The van der Waals surface area contributed by atoms with Crippen molar-refractivity contribution < 1.29 is 132 Å². The van der Waals surface area contributed by atoms with Crippen molar-refractivity contribution in [3.05, 3.63) is 61.2 Å². The largest absolute Gasteiger partial charge is 0.490 e. The van der Waals surface area contributed by atoms with Gasteiger partial charge in [-0.2, -0.15) is 0 Å². The van der Waals surface area contributed by atoms with Gasteiger partial charge in [0, 0.05) is 6.54 Å². The molecule has 0 aliphatic rings. The van der Waals surface area contributed by atoms with Crippen LogP contribution in [0.1, 0.15) is 52.4 Å². The van der Waals surface area contributed by atoms with Crippen molar-refractivity contribution in [3.8, 4) is 23.0 Å². The number of carboxylic acids is 9. The van der Waals surface area contributed by atoms with E-state index >= 15 is 0 Å². The molecule has 0 atom stereocenters. The van der Waals surface area contributed by atoms with Crippen molar-refractivity contribution >= 4 is 78.3 Å². The first kappa shape index (κ1) is 64.3. The molecule has 33 heteroatoms. The van der Waals surface area contributed by atoms with E-state index in [-0.39, 0.29) is 24.5 Å². The monoisotopic (exact) mass is 1090 g/mol. The van der Waals surface area contributed by atoms with E-state index in [0.717, 1.165) is 0 Å². The van der Waals surface area contributed by atoms with Crippen LogP contribution in [0.3, 0.4) is 0 Å². The third-order valence-electron chi connectivity index (χ3n) is 8.78. The molecule has 0 spiro atoms. The van der Waals surface area contributed by atoms with Gasteiger partial charge in [-0.05, 0) is 38.1 Å². The summed E-state index contributed by atoms with van der Waals surface area (Å²) in [5.41, 5.74) is -1.28. The number of anilines is 1. The van der Waals surface area contributed by atoms with Gasteiger partial charge in [-0.1, -0.05) is 24.3 Å². The zero-order valence-electron chi connectivity index (χ0n) is 39.4. The zero-order valence-corrected chi connectivity index (χ0v) is 40.2. The van der Waals surface area contributed by atoms with Crippen LogP contribution >= 0.6 is 7.60 Å². The summed E-state index contributed by atoms with van der Waals surface area (Å²) in [4.78, 5) is 104. The number of nitrogens with two attached hydrogens (primary N) is 1. The smallest absolute Gasteiger partial charge is 0.456 e. The Balaban J connectivity index is 0.000000593. The molecule has 0 fully saturated rings. The fourth-order valence-electron chi connectivity index (χ4n) is 5.52. The Hall–Kier alpha value is -8.71. The molecule has 4 aromatic rings. The van der Waals surface area contributed by atoms with Crippen LogP contribution in [-0.2, 0) is 59.0 Å². The molecular formula is C42H52N5O27P. The third kappa shape index (κ3) is 22.3. The molecule has 4 rings (SSSR count). The summed E-state index contributed by atoms with van der Waals surface area (Å²) in [6, 6.07) is 13.9. The van der Waals surface area contributed by atoms with Crippen LogP contribution in [0, 0.1) is 0 Å². The van der Waals surface area contributed by atoms with Crippen molar-refractivity contribution in [3.63, 3.8) is 0 Å². The third-order valence-corrected chi connectivity index (χ3v) is 10.2. The maximum Gasteiger partial charge on any atom is 0.456 e. The highest BCUT2D eigenvalue weighted by molar-refractivity contribution is 7.54. The first-order chi connectivity index (χ1) is 34.9. The van der Waals surface area contributed by atoms with E-state index in [2.05, 4.69) is 15.0 Å². The summed E-state index contributed by atoms with van der Waals surface area (Å²) in [6.07, 6.45) is -4.21. The molecule has 0 unspecified atom stereocenters. The van der Waals surface area contributed by atoms with Crippen LogP contribution in [-0.4, -0.2) is 177 Å². The first-order valence-corrected chi connectivity index (χ1v) is 22.7. The Morgan fingerprint density at radius 1 is 0.547 bits per heavy atom. The highest BCUT2D eigenvalue weighted by atomic mass is 31.2. The number of rotatable bonds is 28. The molecule has 2 aromatic carbocycles. The van der Waals surface area contributed by atoms with E-state index in [1.165, 1.54) is 6.33 Å². The minimum absolute atomic E-state index is 0.187. The molecule has 0 aliphatic carbocycles. The van der Waals surface area contributed by atoms with Gasteiger partial charge < -0.3 is 94.8 Å². The number of fused-ring (bicyclic) bond motifs is 1. The molecule has 0 saturated carbocycles. The van der Waals surface area contributed by atoms with Crippen molar-refractivity contribution in [1.29, 1.82) is 0 Å². The van der Waals surface area contributed by atoms with Gasteiger partial charge in [-0.25, -0.2) is 33.9 Å². The number of hydrogen-bond acceptors (Lipinski definition) is 22. The zero-order chi connectivity index (χ0) is 57.3. The van der Waals surface area contributed by atoms with Gasteiger partial charge in [0.05, 0.1) is 64.7 Å². The van der Waals surface area contributed by atoms with Crippen molar-refractivity contribution in [2.45, 2.75) is 75.7 Å². The topological polar surface area (TPSA) is 529 Å². The Kier molecular flexibility index (Phi) is 25.5. The minimum atomic E-state index is -3.88. The highest BCUT2D eigenvalue weighted by Gasteiger charge is 2.43. The van der Waals surface area contributed by atoms with Gasteiger partial charge in [0.2, 0.25) is 0 Å². The number of carbonyl (C=O) groups is 9. The highest BCUT2D eigenvalue weighted by Crippen LogP contribution is 2.52. The van der Waals surface area contributed by atoms with Crippen molar-refractivity contribution in [2.24, 2.45) is 0 Å². The number of imidazole rings is 1. The molecule has 412 valence electrons. The Labute approximate surface area is 421 Å². The van der Waals surface area contributed by atoms with E-state index in [1.807, 2.05) is 13.8 Å². The van der Waals surface area contributed by atoms with E-state index < -0.39 is 117 Å². The van der Waals surface area contributed by atoms with Crippen LogP contribution in [0.4, 0.5) is 5.82 Å². The molecule has 14 N–H and O–H groups in total. The molecule has 32 nitrogen and oxygen atoms in total. The molecule has 2 aromatic heterocycles. The summed E-state index contributed by atoms with van der Waals surface area (Å²) in [5.74, 6) is -13.3. The van der Waals surface area contributed by atoms with E-state index in [1.54, 1.807) is 59.4 Å². The SMILES string of the molecule is CCOc1ccccc1OP(=O)(COCCn1cnc2c(N)ncnc21)Oc1ccccc1OCC.O=C(O)CC(O)(CC(=O)O)C(=O)O.O=C(O)CC(O)(CC(=O)O)C(=O)O.O=C(O)CC(O)(CC(=O)O)C(=O)O. The lowest BCUT2D eigenvalue weighted by Gasteiger charge is -2.22. The number of para-hydroxylation sites is 4. The van der Waals surface area contributed by atoms with E-state index in [4.69, 9.17) is 90.3 Å². The number of aliphatic hydroxyl groups is 3. The van der Waals surface area contributed by atoms with Gasteiger partial charge >= 0.3 is 61.3 Å². The summed E-state index contributed by atoms with van der Waals surface area (Å²) in [7, 11) is -3.88. The molecule has 0 radical (unpaired) electrons. The van der Waals surface area contributed by atoms with Crippen LogP contribution in [0.2, 0.25) is 0 Å². The number of ether oxygens (including phenoxy) is 3. The van der Waals surface area contributed by atoms with Gasteiger partial charge in [-0.15, -0.1) is 0 Å². The molecular weight excluding hydrogens is 1040 g/mol. The molecule has 0 bridgehead atoms. The molecule has 2 heterocycles. The standard InChI is InChI=1S/C24H28N5O6P.3C6H8O7/c1-3-32-18-9-5-7-11-20(18)34-36(30,35-21-12-8-6-10-19(21)33-4-2)17-31-14-13-29-16-28-22-23(25)26-15-27-24(22)29;3*7-3(8)1-6(13,5(11)12)2-4(9)10/h5-12,15-16H,3-4,13-14,17H2,1-2H3,(H2,25,26,27);3*13H,1-2H2,(H,7,8)(H,9,10)(H,11,12). The van der Waals surface area contributed by atoms with Gasteiger partial charge in [0.25, 0.3) is 0 Å². The van der Waals surface area contributed by atoms with Crippen LogP contribution in [0.25, 0.3) is 11.2 Å². The fraction of sp³-hybridized carbons (Fsp3) is 0.381. The Morgan fingerprint density at radius 3 is 1.19 bits per heavy atom. The van der Waals surface area contributed by atoms with Gasteiger partial charge in [-0.3, -0.25) is 28.8 Å². The minimum Gasteiger partial charge on any atom is -0.490 e. The molecule has 0 amide bonds. The van der Waals surface area contributed by atoms with Crippen LogP contribution < -0.4 is 24.3 Å². The summed E-state index contributed by atoms with van der Waals surface area (Å²) in [6.45, 7) is 5.12. The number of nitrogens with zero attached hydrogens (tertiary/aromatic N) is 4.